The number of carboxylic acids is 1. The zero-order chi connectivity index (χ0) is 15.3. The third-order valence-corrected chi connectivity index (χ3v) is 4.40. The first-order valence-electron chi connectivity index (χ1n) is 7.41. The molecule has 0 unspecified atom stereocenters. The second-order valence-electron chi connectivity index (χ2n) is 6.08. The van der Waals surface area contributed by atoms with Crippen LogP contribution in [-0.2, 0) is 16.0 Å². The first-order valence-corrected chi connectivity index (χ1v) is 7.41. The van der Waals surface area contributed by atoms with E-state index in [0.717, 1.165) is 18.4 Å². The highest BCUT2D eigenvalue weighted by molar-refractivity contribution is 5.80. The number of carbonyl (C=O) groups is 2. The second kappa shape index (κ2) is 6.70. The SMILES string of the molecule is CC1CCC(CNC(=O)Cc2cccnc2)(C(=O)O)CC1. The minimum atomic E-state index is -0.795. The Morgan fingerprint density at radius 1 is 1.43 bits per heavy atom. The number of hydrogen-bond donors (Lipinski definition) is 2. The van der Waals surface area contributed by atoms with Gasteiger partial charge in [0.05, 0.1) is 11.8 Å². The third-order valence-electron chi connectivity index (χ3n) is 4.40. The number of carboxylic acid groups (broad SMARTS) is 1. The van der Waals surface area contributed by atoms with Crippen LogP contribution in [0.25, 0.3) is 0 Å². The van der Waals surface area contributed by atoms with E-state index < -0.39 is 11.4 Å². The highest BCUT2D eigenvalue weighted by Crippen LogP contribution is 2.38. The van der Waals surface area contributed by atoms with Crippen molar-refractivity contribution in [3.05, 3.63) is 30.1 Å². The normalized spacial score (nSPS) is 25.3. The van der Waals surface area contributed by atoms with Crippen LogP contribution in [0.2, 0.25) is 0 Å². The van der Waals surface area contributed by atoms with Crippen molar-refractivity contribution in [3.8, 4) is 0 Å². The summed E-state index contributed by atoms with van der Waals surface area (Å²) in [6, 6.07) is 3.62. The zero-order valence-corrected chi connectivity index (χ0v) is 12.3. The van der Waals surface area contributed by atoms with Crippen LogP contribution in [0.4, 0.5) is 0 Å². The fourth-order valence-corrected chi connectivity index (χ4v) is 2.80. The molecule has 0 aromatic carbocycles. The van der Waals surface area contributed by atoms with Crippen molar-refractivity contribution in [1.82, 2.24) is 10.3 Å². The molecule has 0 saturated heterocycles. The van der Waals surface area contributed by atoms with Gasteiger partial charge in [0.2, 0.25) is 5.91 Å². The second-order valence-corrected chi connectivity index (χ2v) is 6.08. The molecule has 5 heteroatoms. The Balaban J connectivity index is 1.90. The highest BCUT2D eigenvalue weighted by atomic mass is 16.4. The summed E-state index contributed by atoms with van der Waals surface area (Å²) in [4.78, 5) is 27.5. The molecule has 21 heavy (non-hydrogen) atoms. The third kappa shape index (κ3) is 4.03. The van der Waals surface area contributed by atoms with Crippen LogP contribution in [0.5, 0.6) is 0 Å². The van der Waals surface area contributed by atoms with Crippen LogP contribution in [0.3, 0.4) is 0 Å². The van der Waals surface area contributed by atoms with Gasteiger partial charge in [0.25, 0.3) is 0 Å². The highest BCUT2D eigenvalue weighted by Gasteiger charge is 2.41. The van der Waals surface area contributed by atoms with E-state index in [0.29, 0.717) is 18.8 Å². The van der Waals surface area contributed by atoms with Crippen molar-refractivity contribution in [3.63, 3.8) is 0 Å². The maximum atomic E-state index is 12.0. The molecule has 1 saturated carbocycles. The monoisotopic (exact) mass is 290 g/mol. The summed E-state index contributed by atoms with van der Waals surface area (Å²) in [6.45, 7) is 2.36. The topological polar surface area (TPSA) is 79.3 Å². The number of pyridine rings is 1. The molecule has 1 aromatic rings. The summed E-state index contributed by atoms with van der Waals surface area (Å²) in [7, 11) is 0. The first-order chi connectivity index (χ1) is 10.0. The summed E-state index contributed by atoms with van der Waals surface area (Å²) in [6.07, 6.45) is 6.63. The van der Waals surface area contributed by atoms with Gasteiger partial charge in [0, 0.05) is 18.9 Å². The molecule has 1 aromatic heterocycles. The average Bonchev–Trinajstić information content (AvgIpc) is 2.48. The van der Waals surface area contributed by atoms with Crippen LogP contribution in [0.1, 0.15) is 38.2 Å². The van der Waals surface area contributed by atoms with Gasteiger partial charge in [-0.3, -0.25) is 14.6 Å². The fraction of sp³-hybridized carbons (Fsp3) is 0.562. The van der Waals surface area contributed by atoms with Gasteiger partial charge >= 0.3 is 5.97 Å². The Bertz CT molecular complexity index is 494. The summed E-state index contributed by atoms with van der Waals surface area (Å²) in [5, 5.41) is 12.3. The fourth-order valence-electron chi connectivity index (χ4n) is 2.80. The lowest BCUT2D eigenvalue weighted by Gasteiger charge is -2.35. The van der Waals surface area contributed by atoms with Gasteiger partial charge < -0.3 is 10.4 Å². The van der Waals surface area contributed by atoms with E-state index in [4.69, 9.17) is 0 Å². The smallest absolute Gasteiger partial charge is 0.311 e. The molecule has 0 radical (unpaired) electrons. The maximum Gasteiger partial charge on any atom is 0.311 e. The minimum Gasteiger partial charge on any atom is -0.481 e. The van der Waals surface area contributed by atoms with E-state index >= 15 is 0 Å². The van der Waals surface area contributed by atoms with E-state index in [1.54, 1.807) is 18.5 Å². The predicted octanol–water partition coefficient (Wildman–Crippen LogP) is 2.02. The van der Waals surface area contributed by atoms with Gasteiger partial charge in [0.15, 0.2) is 0 Å². The molecule has 0 atom stereocenters. The number of hydrogen-bond acceptors (Lipinski definition) is 3. The van der Waals surface area contributed by atoms with Crippen molar-refractivity contribution in [1.29, 1.82) is 0 Å². The molecule has 114 valence electrons. The van der Waals surface area contributed by atoms with Crippen LogP contribution in [0.15, 0.2) is 24.5 Å². The number of nitrogens with one attached hydrogen (secondary N) is 1. The molecule has 1 heterocycles. The van der Waals surface area contributed by atoms with Crippen molar-refractivity contribution in [2.45, 2.75) is 39.0 Å². The van der Waals surface area contributed by atoms with Crippen LogP contribution < -0.4 is 5.32 Å². The van der Waals surface area contributed by atoms with E-state index in [-0.39, 0.29) is 18.9 Å². The number of nitrogens with zero attached hydrogens (tertiary/aromatic N) is 1. The molecule has 5 nitrogen and oxygen atoms in total. The Morgan fingerprint density at radius 2 is 2.14 bits per heavy atom. The number of aliphatic carboxylic acids is 1. The molecular formula is C16H22N2O3. The maximum absolute atomic E-state index is 12.0. The van der Waals surface area contributed by atoms with Crippen molar-refractivity contribution < 1.29 is 14.7 Å². The number of amides is 1. The summed E-state index contributed by atoms with van der Waals surface area (Å²) >= 11 is 0. The molecule has 1 fully saturated rings. The Morgan fingerprint density at radius 3 is 2.71 bits per heavy atom. The molecule has 2 N–H and O–H groups in total. The molecule has 0 spiro atoms. The molecule has 1 aliphatic rings. The molecular weight excluding hydrogens is 268 g/mol. The number of aromatic nitrogens is 1. The summed E-state index contributed by atoms with van der Waals surface area (Å²) < 4.78 is 0. The van der Waals surface area contributed by atoms with E-state index in [1.807, 2.05) is 6.07 Å². The Kier molecular flexibility index (Phi) is 4.94. The van der Waals surface area contributed by atoms with Gasteiger partial charge in [-0.15, -0.1) is 0 Å². The Hall–Kier alpha value is -1.91. The zero-order valence-electron chi connectivity index (χ0n) is 12.3. The minimum absolute atomic E-state index is 0.151. The lowest BCUT2D eigenvalue weighted by atomic mass is 9.71. The van der Waals surface area contributed by atoms with Crippen molar-refractivity contribution >= 4 is 11.9 Å². The quantitative estimate of drug-likeness (QED) is 0.869. The van der Waals surface area contributed by atoms with Gasteiger partial charge in [-0.25, -0.2) is 0 Å². The van der Waals surface area contributed by atoms with Gasteiger partial charge in [-0.2, -0.15) is 0 Å². The molecule has 2 rings (SSSR count). The van der Waals surface area contributed by atoms with Crippen LogP contribution >= 0.6 is 0 Å². The van der Waals surface area contributed by atoms with Crippen LogP contribution in [0, 0.1) is 11.3 Å². The average molecular weight is 290 g/mol. The first kappa shape index (κ1) is 15.5. The lowest BCUT2D eigenvalue weighted by Crippen LogP contribution is -2.45. The van der Waals surface area contributed by atoms with Gasteiger partial charge in [-0.1, -0.05) is 13.0 Å². The van der Waals surface area contributed by atoms with Gasteiger partial charge in [-0.05, 0) is 43.2 Å². The standard InChI is InChI=1S/C16H22N2O3/c1-12-4-6-16(7-5-12,15(20)21)11-18-14(19)9-13-3-2-8-17-10-13/h2-3,8,10,12H,4-7,9,11H2,1H3,(H,18,19)(H,20,21). The van der Waals surface area contributed by atoms with Gasteiger partial charge in [0.1, 0.15) is 0 Å². The summed E-state index contributed by atoms with van der Waals surface area (Å²) in [5.41, 5.74) is 0.0357. The predicted molar refractivity (Wildman–Crippen MR) is 78.7 cm³/mol. The number of rotatable bonds is 5. The number of carbonyl (C=O) groups excluding carboxylic acids is 1. The Labute approximate surface area is 124 Å². The largest absolute Gasteiger partial charge is 0.481 e. The summed E-state index contributed by atoms with van der Waals surface area (Å²) in [5.74, 6) is -0.373. The molecule has 1 aliphatic carbocycles. The van der Waals surface area contributed by atoms with E-state index in [2.05, 4.69) is 17.2 Å². The molecule has 0 bridgehead atoms. The molecule has 1 amide bonds. The van der Waals surface area contributed by atoms with E-state index in [9.17, 15) is 14.7 Å². The van der Waals surface area contributed by atoms with Crippen LogP contribution in [-0.4, -0.2) is 28.5 Å². The van der Waals surface area contributed by atoms with Crippen molar-refractivity contribution in [2.24, 2.45) is 11.3 Å². The molecule has 0 aliphatic heterocycles. The van der Waals surface area contributed by atoms with Crippen molar-refractivity contribution in [2.75, 3.05) is 6.54 Å². The lowest BCUT2D eigenvalue weighted by molar-refractivity contribution is -0.151. The van der Waals surface area contributed by atoms with E-state index in [1.165, 1.54) is 0 Å².